The van der Waals surface area contributed by atoms with Crippen LogP contribution in [0.2, 0.25) is 0 Å². The summed E-state index contributed by atoms with van der Waals surface area (Å²) in [7, 11) is 0. The molecule has 2 heterocycles. The number of H-pyrrole nitrogens is 2. The lowest BCUT2D eigenvalue weighted by Gasteiger charge is -2.28. The van der Waals surface area contributed by atoms with Crippen molar-refractivity contribution >= 4 is 39.4 Å². The van der Waals surface area contributed by atoms with Gasteiger partial charge in [-0.2, -0.15) is 0 Å². The summed E-state index contributed by atoms with van der Waals surface area (Å²) in [5, 5.41) is 3.56. The van der Waals surface area contributed by atoms with Gasteiger partial charge in [0, 0.05) is 17.1 Å². The third-order valence-electron chi connectivity index (χ3n) is 4.83. The molecule has 1 aliphatic rings. The monoisotopic (exact) mass is 435 g/mol. The molecule has 0 amide bonds. The first-order valence-electron chi connectivity index (χ1n) is 8.35. The van der Waals surface area contributed by atoms with E-state index in [2.05, 4.69) is 55.5 Å². The minimum absolute atomic E-state index is 0. The second kappa shape index (κ2) is 7.78. The maximum absolute atomic E-state index is 11.7. The van der Waals surface area contributed by atoms with E-state index in [0.29, 0.717) is 18.1 Å². The number of hydrogen-bond donors (Lipinski definition) is 3. The zero-order valence-corrected chi connectivity index (χ0v) is 16.4. The molecule has 5 nitrogen and oxygen atoms in total. The molecular weight excluding hydrogens is 418 g/mol. The highest BCUT2D eigenvalue weighted by Crippen LogP contribution is 2.31. The largest absolute Gasteiger partial charge is 0.316 e. The standard InChI is InChI=1S/C19H18BrN3O2.ClH/c20-15-9-16-17(23-19(25)18(24)22-16)14-10-21-12(8-13(14)15)7-6-11-4-2-1-3-5-11;/h1-5,9,12,21H,6-8,10H2,(H,22,24)(H,23,25);1H. The number of hydrogen-bond acceptors (Lipinski definition) is 3. The molecule has 1 aromatic heterocycles. The Bertz CT molecular complexity index is 1050. The highest BCUT2D eigenvalue weighted by molar-refractivity contribution is 9.10. The quantitative estimate of drug-likeness (QED) is 0.552. The van der Waals surface area contributed by atoms with E-state index in [4.69, 9.17) is 0 Å². The van der Waals surface area contributed by atoms with E-state index in [-0.39, 0.29) is 12.4 Å². The number of aryl methyl sites for hydroxylation is 1. The third-order valence-corrected chi connectivity index (χ3v) is 5.54. The van der Waals surface area contributed by atoms with E-state index in [1.165, 1.54) is 11.1 Å². The Balaban J connectivity index is 0.00000196. The van der Waals surface area contributed by atoms with Crippen molar-refractivity contribution in [3.63, 3.8) is 0 Å². The zero-order chi connectivity index (χ0) is 17.4. The van der Waals surface area contributed by atoms with Crippen molar-refractivity contribution < 1.29 is 0 Å². The highest BCUT2D eigenvalue weighted by Gasteiger charge is 2.23. The summed E-state index contributed by atoms with van der Waals surface area (Å²) in [5.41, 5.74) is 3.74. The molecule has 7 heteroatoms. The molecule has 4 rings (SSSR count). The molecule has 1 atom stereocenters. The molecule has 136 valence electrons. The lowest BCUT2D eigenvalue weighted by molar-refractivity contribution is 0.453. The molecule has 3 N–H and O–H groups in total. The van der Waals surface area contributed by atoms with Gasteiger partial charge in [0.2, 0.25) is 0 Å². The molecule has 1 aliphatic heterocycles. The van der Waals surface area contributed by atoms with Crippen LogP contribution < -0.4 is 16.4 Å². The fourth-order valence-corrected chi connectivity index (χ4v) is 4.13. The fraction of sp³-hybridized carbons (Fsp3) is 0.263. The fourth-order valence-electron chi connectivity index (χ4n) is 3.50. The Morgan fingerprint density at radius 1 is 1.04 bits per heavy atom. The van der Waals surface area contributed by atoms with Gasteiger partial charge in [0.05, 0.1) is 11.0 Å². The maximum Gasteiger partial charge on any atom is 0.314 e. The van der Waals surface area contributed by atoms with Crippen molar-refractivity contribution in [2.45, 2.75) is 31.8 Å². The van der Waals surface area contributed by atoms with Gasteiger partial charge in [0.1, 0.15) is 0 Å². The Hall–Kier alpha value is -1.89. The summed E-state index contributed by atoms with van der Waals surface area (Å²) < 4.78 is 0.976. The Kier molecular flexibility index (Phi) is 5.65. The summed E-state index contributed by atoms with van der Waals surface area (Å²) >= 11 is 3.63. The summed E-state index contributed by atoms with van der Waals surface area (Å²) in [6, 6.07) is 12.7. The van der Waals surface area contributed by atoms with Crippen molar-refractivity contribution in [1.29, 1.82) is 0 Å². The van der Waals surface area contributed by atoms with E-state index in [1.807, 2.05) is 12.1 Å². The predicted octanol–water partition coefficient (Wildman–Crippen LogP) is 3.05. The number of benzene rings is 2. The predicted molar refractivity (Wildman–Crippen MR) is 109 cm³/mol. The van der Waals surface area contributed by atoms with Gasteiger partial charge in [-0.15, -0.1) is 12.4 Å². The van der Waals surface area contributed by atoms with Gasteiger partial charge in [-0.1, -0.05) is 46.3 Å². The molecule has 0 bridgehead atoms. The molecule has 0 saturated carbocycles. The van der Waals surface area contributed by atoms with E-state index in [9.17, 15) is 9.59 Å². The molecule has 26 heavy (non-hydrogen) atoms. The van der Waals surface area contributed by atoms with Gasteiger partial charge in [-0.05, 0) is 42.0 Å². The summed E-state index contributed by atoms with van der Waals surface area (Å²) in [4.78, 5) is 28.6. The molecule has 2 aromatic carbocycles. The third kappa shape index (κ3) is 3.63. The van der Waals surface area contributed by atoms with Crippen LogP contribution in [0.1, 0.15) is 23.1 Å². The molecule has 1 unspecified atom stereocenters. The SMILES string of the molecule is Cl.O=c1[nH]c2cc(Br)c3c(c2[nH]c1=O)CNC(CCc1ccccc1)C3. The molecule has 0 saturated heterocycles. The van der Waals surface area contributed by atoms with Crippen molar-refractivity contribution in [2.24, 2.45) is 0 Å². The van der Waals surface area contributed by atoms with Crippen LogP contribution in [-0.2, 0) is 19.4 Å². The zero-order valence-electron chi connectivity index (χ0n) is 14.0. The summed E-state index contributed by atoms with van der Waals surface area (Å²) in [6.07, 6.45) is 2.97. The first-order valence-corrected chi connectivity index (χ1v) is 9.15. The molecular formula is C19H19BrClN3O2. The van der Waals surface area contributed by atoms with Crippen LogP contribution in [0.25, 0.3) is 11.0 Å². The molecule has 3 aromatic rings. The van der Waals surface area contributed by atoms with E-state index in [1.54, 1.807) is 0 Å². The van der Waals surface area contributed by atoms with Crippen molar-refractivity contribution in [1.82, 2.24) is 15.3 Å². The normalized spacial score (nSPS) is 16.1. The number of fused-ring (bicyclic) bond motifs is 3. The summed E-state index contributed by atoms with van der Waals surface area (Å²) in [5.74, 6) is 0. The average Bonchev–Trinajstić information content (AvgIpc) is 2.63. The van der Waals surface area contributed by atoms with Gasteiger partial charge in [-0.25, -0.2) is 0 Å². The van der Waals surface area contributed by atoms with Crippen LogP contribution in [0.15, 0.2) is 50.5 Å². The maximum atomic E-state index is 11.7. The van der Waals surface area contributed by atoms with Crippen LogP contribution in [0.5, 0.6) is 0 Å². The molecule has 0 spiro atoms. The first kappa shape index (κ1) is 18.9. The van der Waals surface area contributed by atoms with Gasteiger partial charge >= 0.3 is 11.1 Å². The second-order valence-corrected chi connectivity index (χ2v) is 7.31. The second-order valence-electron chi connectivity index (χ2n) is 6.45. The number of rotatable bonds is 3. The number of aromatic nitrogens is 2. The van der Waals surface area contributed by atoms with Crippen LogP contribution in [-0.4, -0.2) is 16.0 Å². The molecule has 0 fully saturated rings. The minimum atomic E-state index is -0.621. The Morgan fingerprint density at radius 3 is 2.54 bits per heavy atom. The van der Waals surface area contributed by atoms with E-state index >= 15 is 0 Å². The van der Waals surface area contributed by atoms with E-state index < -0.39 is 11.1 Å². The van der Waals surface area contributed by atoms with Crippen LogP contribution in [0, 0.1) is 0 Å². The first-order chi connectivity index (χ1) is 12.1. The average molecular weight is 437 g/mol. The molecule has 0 aliphatic carbocycles. The lowest BCUT2D eigenvalue weighted by Crippen LogP contribution is -2.37. The van der Waals surface area contributed by atoms with Gasteiger partial charge < -0.3 is 15.3 Å². The van der Waals surface area contributed by atoms with Crippen molar-refractivity contribution in [2.75, 3.05) is 0 Å². The van der Waals surface area contributed by atoms with Gasteiger partial charge in [-0.3, -0.25) is 9.59 Å². The van der Waals surface area contributed by atoms with Crippen LogP contribution >= 0.6 is 28.3 Å². The minimum Gasteiger partial charge on any atom is -0.316 e. The smallest absolute Gasteiger partial charge is 0.314 e. The van der Waals surface area contributed by atoms with Gasteiger partial charge in [0.15, 0.2) is 0 Å². The van der Waals surface area contributed by atoms with Gasteiger partial charge in [0.25, 0.3) is 0 Å². The lowest BCUT2D eigenvalue weighted by atomic mass is 9.91. The molecule has 0 radical (unpaired) electrons. The topological polar surface area (TPSA) is 77.8 Å². The van der Waals surface area contributed by atoms with Crippen LogP contribution in [0.3, 0.4) is 0 Å². The number of halogens is 2. The summed E-state index contributed by atoms with van der Waals surface area (Å²) in [6.45, 7) is 0.673. The van der Waals surface area contributed by atoms with Crippen molar-refractivity contribution in [3.8, 4) is 0 Å². The Morgan fingerprint density at radius 2 is 1.77 bits per heavy atom. The van der Waals surface area contributed by atoms with Crippen molar-refractivity contribution in [3.05, 3.63) is 78.3 Å². The number of nitrogens with one attached hydrogen (secondary N) is 3. The number of aromatic amines is 2. The van der Waals surface area contributed by atoms with Crippen LogP contribution in [0.4, 0.5) is 0 Å². The van der Waals surface area contributed by atoms with E-state index in [0.717, 1.165) is 34.8 Å². The Labute approximate surface area is 164 Å². The highest BCUT2D eigenvalue weighted by atomic mass is 79.9.